The summed E-state index contributed by atoms with van der Waals surface area (Å²) in [7, 11) is 0. The van der Waals surface area contributed by atoms with E-state index in [1.165, 1.54) is 53.2 Å². The van der Waals surface area contributed by atoms with Crippen LogP contribution in [0.3, 0.4) is 0 Å². The van der Waals surface area contributed by atoms with E-state index in [1.54, 1.807) is 0 Å². The molecule has 0 atom stereocenters. The molecule has 0 unspecified atom stereocenters. The Kier molecular flexibility index (Phi) is 7.39. The molecule has 0 aliphatic carbocycles. The smallest absolute Gasteiger partial charge is 0.143 e. The molecule has 0 N–H and O–H groups in total. The van der Waals surface area contributed by atoms with Crippen LogP contribution in [0, 0.1) is 0 Å². The van der Waals surface area contributed by atoms with E-state index in [1.807, 2.05) is 11.3 Å². The van der Waals surface area contributed by atoms with E-state index in [2.05, 4.69) is 205 Å². The minimum atomic E-state index is 0.862. The van der Waals surface area contributed by atoms with Crippen LogP contribution in [0.15, 0.2) is 205 Å². The zero-order chi connectivity index (χ0) is 36.3. The predicted octanol–water partition coefficient (Wildman–Crippen LogP) is 15.6. The maximum absolute atomic E-state index is 6.81. The van der Waals surface area contributed by atoms with Crippen molar-refractivity contribution in [3.8, 4) is 33.4 Å². The van der Waals surface area contributed by atoms with Gasteiger partial charge in [0.25, 0.3) is 0 Å². The first kappa shape index (κ1) is 31.6. The van der Waals surface area contributed by atoms with E-state index in [0.717, 1.165) is 50.1 Å². The minimum absolute atomic E-state index is 0.862. The summed E-state index contributed by atoms with van der Waals surface area (Å²) in [4.78, 5) is 2.45. The Labute approximate surface area is 322 Å². The first-order chi connectivity index (χ1) is 27.3. The van der Waals surface area contributed by atoms with Crippen LogP contribution in [0.25, 0.3) is 86.3 Å². The third kappa shape index (κ3) is 5.24. The molecule has 0 bridgehead atoms. The number of rotatable bonds is 6. The van der Waals surface area contributed by atoms with Crippen molar-refractivity contribution in [3.05, 3.63) is 200 Å². The fourth-order valence-electron chi connectivity index (χ4n) is 8.28. The minimum Gasteiger partial charge on any atom is -0.455 e. The summed E-state index contributed by atoms with van der Waals surface area (Å²) in [5.74, 6) is 0. The topological polar surface area (TPSA) is 16.4 Å². The van der Waals surface area contributed by atoms with Gasteiger partial charge in [0.15, 0.2) is 0 Å². The molecule has 0 saturated heterocycles. The highest BCUT2D eigenvalue weighted by atomic mass is 32.1. The van der Waals surface area contributed by atoms with Gasteiger partial charge in [-0.05, 0) is 81.1 Å². The molecule has 55 heavy (non-hydrogen) atoms. The van der Waals surface area contributed by atoms with Crippen LogP contribution in [0.1, 0.15) is 0 Å². The van der Waals surface area contributed by atoms with Crippen molar-refractivity contribution in [2.45, 2.75) is 0 Å². The number of furan rings is 1. The molecule has 0 saturated carbocycles. The van der Waals surface area contributed by atoms with Crippen LogP contribution in [-0.4, -0.2) is 0 Å². The van der Waals surface area contributed by atoms with Gasteiger partial charge in [0.2, 0.25) is 0 Å². The molecule has 0 aliphatic heterocycles. The summed E-state index contributed by atoms with van der Waals surface area (Å²) in [6.07, 6.45) is 0. The van der Waals surface area contributed by atoms with E-state index in [9.17, 15) is 0 Å². The molecular formula is C52H33NOS. The Bertz CT molecular complexity index is 3190. The van der Waals surface area contributed by atoms with Gasteiger partial charge in [0.05, 0.1) is 16.8 Å². The van der Waals surface area contributed by atoms with Crippen molar-refractivity contribution in [1.29, 1.82) is 0 Å². The fraction of sp³-hybridized carbons (Fsp3) is 0. The van der Waals surface area contributed by atoms with Gasteiger partial charge in [-0.3, -0.25) is 0 Å². The van der Waals surface area contributed by atoms with Crippen LogP contribution in [-0.2, 0) is 0 Å². The number of anilines is 3. The number of benzene rings is 9. The van der Waals surface area contributed by atoms with Gasteiger partial charge in [-0.2, -0.15) is 0 Å². The number of hydrogen-bond donors (Lipinski definition) is 0. The van der Waals surface area contributed by atoms with Gasteiger partial charge in [0, 0.05) is 36.8 Å². The maximum atomic E-state index is 6.81. The first-order valence-electron chi connectivity index (χ1n) is 18.7. The zero-order valence-electron chi connectivity index (χ0n) is 29.8. The number of para-hydroxylation sites is 1. The average molecular weight is 720 g/mol. The summed E-state index contributed by atoms with van der Waals surface area (Å²) in [5.41, 5.74) is 12.1. The Morgan fingerprint density at radius 3 is 1.87 bits per heavy atom. The Morgan fingerprint density at radius 1 is 0.400 bits per heavy atom. The lowest BCUT2D eigenvalue weighted by Crippen LogP contribution is -2.11. The average Bonchev–Trinajstić information content (AvgIpc) is 3.84. The van der Waals surface area contributed by atoms with E-state index >= 15 is 0 Å². The van der Waals surface area contributed by atoms with Gasteiger partial charge < -0.3 is 9.32 Å². The second kappa shape index (κ2) is 12.9. The van der Waals surface area contributed by atoms with Crippen molar-refractivity contribution in [2.75, 3.05) is 4.90 Å². The van der Waals surface area contributed by atoms with Gasteiger partial charge in [-0.1, -0.05) is 158 Å². The molecule has 11 rings (SSSR count). The molecule has 2 heterocycles. The summed E-state index contributed by atoms with van der Waals surface area (Å²) < 4.78 is 9.36. The highest BCUT2D eigenvalue weighted by molar-refractivity contribution is 7.26. The van der Waals surface area contributed by atoms with Crippen LogP contribution in [0.2, 0.25) is 0 Å². The van der Waals surface area contributed by atoms with E-state index in [0.29, 0.717) is 0 Å². The Morgan fingerprint density at radius 2 is 1.05 bits per heavy atom. The second-order valence-corrected chi connectivity index (χ2v) is 15.1. The molecule has 2 nitrogen and oxygen atoms in total. The lowest BCUT2D eigenvalue weighted by Gasteiger charge is -2.28. The molecule has 3 heteroatoms. The molecule has 258 valence electrons. The zero-order valence-corrected chi connectivity index (χ0v) is 30.6. The van der Waals surface area contributed by atoms with Crippen molar-refractivity contribution >= 4 is 81.3 Å². The molecule has 11 aromatic rings. The summed E-state index contributed by atoms with van der Waals surface area (Å²) in [6, 6.07) is 72.0. The molecule has 2 aromatic heterocycles. The van der Waals surface area contributed by atoms with Crippen LogP contribution < -0.4 is 4.90 Å². The summed E-state index contributed by atoms with van der Waals surface area (Å²) in [6.45, 7) is 0. The van der Waals surface area contributed by atoms with E-state index in [-0.39, 0.29) is 0 Å². The highest BCUT2D eigenvalue weighted by Crippen LogP contribution is 2.51. The predicted molar refractivity (Wildman–Crippen MR) is 235 cm³/mol. The number of hydrogen-bond acceptors (Lipinski definition) is 3. The highest BCUT2D eigenvalue weighted by Gasteiger charge is 2.24. The third-order valence-corrected chi connectivity index (χ3v) is 12.1. The lowest BCUT2D eigenvalue weighted by molar-refractivity contribution is 0.670. The van der Waals surface area contributed by atoms with Crippen LogP contribution in [0.5, 0.6) is 0 Å². The molecule has 0 fully saturated rings. The SMILES string of the molecule is c1ccc(-c2cccc3c2oc2cccc(N(c4ccc(-c5ccc6ccccc6c5)cc4)c4ccc(-c5ccccc5)c5sc6ccccc6c45)c23)cc1. The number of fused-ring (bicyclic) bond motifs is 7. The normalized spacial score (nSPS) is 11.6. The lowest BCUT2D eigenvalue weighted by atomic mass is 9.98. The van der Waals surface area contributed by atoms with E-state index < -0.39 is 0 Å². The molecular weight excluding hydrogens is 687 g/mol. The summed E-state index contributed by atoms with van der Waals surface area (Å²) in [5, 5.41) is 7.17. The number of nitrogens with zero attached hydrogens (tertiary/aromatic N) is 1. The van der Waals surface area contributed by atoms with Gasteiger partial charge in [-0.25, -0.2) is 0 Å². The van der Waals surface area contributed by atoms with Crippen molar-refractivity contribution in [1.82, 2.24) is 0 Å². The molecule has 9 aromatic carbocycles. The van der Waals surface area contributed by atoms with Gasteiger partial charge >= 0.3 is 0 Å². The molecule has 0 amide bonds. The Hall–Kier alpha value is -6.94. The first-order valence-corrected chi connectivity index (χ1v) is 19.5. The molecule has 0 aliphatic rings. The van der Waals surface area contributed by atoms with Crippen molar-refractivity contribution < 1.29 is 4.42 Å². The van der Waals surface area contributed by atoms with E-state index in [4.69, 9.17) is 4.42 Å². The molecule has 0 radical (unpaired) electrons. The quantitative estimate of drug-likeness (QED) is 0.170. The van der Waals surface area contributed by atoms with Crippen LogP contribution >= 0.6 is 11.3 Å². The Balaban J connectivity index is 1.18. The third-order valence-electron chi connectivity index (χ3n) is 10.9. The monoisotopic (exact) mass is 719 g/mol. The standard InChI is InChI=1S/C52H33NOS/c1-3-14-36(15-4-1)41-20-11-21-44-49-45(22-12-23-47(49)54-51(41)44)53(40-29-27-35(28-30-40)39-26-25-34-13-7-8-18-38(34)33-39)46-32-31-42(37-16-5-2-6-17-37)52-50(46)43-19-9-10-24-48(43)55-52/h1-33H. The van der Waals surface area contributed by atoms with Crippen LogP contribution in [0.4, 0.5) is 17.1 Å². The number of thiophene rings is 1. The van der Waals surface area contributed by atoms with Crippen molar-refractivity contribution in [2.24, 2.45) is 0 Å². The fourth-order valence-corrected chi connectivity index (χ4v) is 9.54. The van der Waals surface area contributed by atoms with Gasteiger partial charge in [0.1, 0.15) is 11.2 Å². The summed E-state index contributed by atoms with van der Waals surface area (Å²) >= 11 is 1.87. The van der Waals surface area contributed by atoms with Gasteiger partial charge in [-0.15, -0.1) is 11.3 Å². The van der Waals surface area contributed by atoms with Crippen molar-refractivity contribution in [3.63, 3.8) is 0 Å². The second-order valence-electron chi connectivity index (χ2n) is 14.0. The molecule has 0 spiro atoms. The maximum Gasteiger partial charge on any atom is 0.143 e. The largest absolute Gasteiger partial charge is 0.455 e.